The summed E-state index contributed by atoms with van der Waals surface area (Å²) in [7, 11) is 1.97. The number of aryl methyl sites for hydroxylation is 2. The highest BCUT2D eigenvalue weighted by molar-refractivity contribution is 7.09. The van der Waals surface area contributed by atoms with Crippen molar-refractivity contribution in [2.45, 2.75) is 26.0 Å². The number of thiazole rings is 1. The van der Waals surface area contributed by atoms with Crippen LogP contribution in [0.4, 0.5) is 0 Å². The summed E-state index contributed by atoms with van der Waals surface area (Å²) in [5.74, 6) is 0.513. The van der Waals surface area contributed by atoms with Gasteiger partial charge < -0.3 is 10.1 Å². The second-order valence-corrected chi connectivity index (χ2v) is 6.15. The molecule has 1 aliphatic rings. The quantitative estimate of drug-likeness (QED) is 0.916. The Kier molecular flexibility index (Phi) is 4.14. The number of ether oxygens (including phenoxy) is 1. The van der Waals surface area contributed by atoms with E-state index in [2.05, 4.69) is 28.4 Å². The van der Waals surface area contributed by atoms with Gasteiger partial charge in [-0.3, -0.25) is 4.68 Å². The average Bonchev–Trinajstić information content (AvgIpc) is 3.12. The Balaban J connectivity index is 1.57. The Hall–Kier alpha value is -1.24. The standard InChI is InChI=1S/C14H20N4OS/c1-10-13(20-9-16-10)8-15-7-11-4-6-19-14(11)12-3-5-17-18(12)2/h3,5,9,11,14-15H,4,6-8H2,1-2H3/t11-,14+/m0/s1. The highest BCUT2D eigenvalue weighted by Gasteiger charge is 2.31. The minimum Gasteiger partial charge on any atom is -0.372 e. The van der Waals surface area contributed by atoms with Crippen LogP contribution >= 0.6 is 11.3 Å². The van der Waals surface area contributed by atoms with Crippen molar-refractivity contribution in [3.05, 3.63) is 34.0 Å². The lowest BCUT2D eigenvalue weighted by molar-refractivity contribution is 0.0838. The first-order valence-electron chi connectivity index (χ1n) is 6.95. The highest BCUT2D eigenvalue weighted by atomic mass is 32.1. The van der Waals surface area contributed by atoms with Crippen LogP contribution in [0.3, 0.4) is 0 Å². The third kappa shape index (κ3) is 2.77. The highest BCUT2D eigenvalue weighted by Crippen LogP contribution is 2.33. The second-order valence-electron chi connectivity index (χ2n) is 5.21. The first-order chi connectivity index (χ1) is 9.75. The number of rotatable bonds is 5. The van der Waals surface area contributed by atoms with E-state index in [-0.39, 0.29) is 6.10 Å². The van der Waals surface area contributed by atoms with Crippen LogP contribution in [0.1, 0.15) is 28.8 Å². The third-order valence-corrected chi connectivity index (χ3v) is 4.84. The summed E-state index contributed by atoms with van der Waals surface area (Å²) in [6, 6.07) is 2.05. The van der Waals surface area contributed by atoms with E-state index in [1.165, 1.54) is 10.6 Å². The summed E-state index contributed by atoms with van der Waals surface area (Å²) >= 11 is 1.71. The number of hydrogen-bond acceptors (Lipinski definition) is 5. The molecule has 3 heterocycles. The van der Waals surface area contributed by atoms with E-state index in [9.17, 15) is 0 Å². The van der Waals surface area contributed by atoms with Gasteiger partial charge in [0.1, 0.15) is 6.10 Å². The van der Waals surface area contributed by atoms with Crippen LogP contribution in [-0.2, 0) is 18.3 Å². The van der Waals surface area contributed by atoms with Gasteiger partial charge in [0, 0.05) is 43.7 Å². The van der Waals surface area contributed by atoms with Gasteiger partial charge in [-0.2, -0.15) is 5.10 Å². The van der Waals surface area contributed by atoms with Crippen LogP contribution in [-0.4, -0.2) is 27.9 Å². The van der Waals surface area contributed by atoms with Crippen LogP contribution in [0.2, 0.25) is 0 Å². The molecule has 2 aromatic heterocycles. The Morgan fingerprint density at radius 1 is 1.55 bits per heavy atom. The molecule has 0 spiro atoms. The molecule has 0 aromatic carbocycles. The van der Waals surface area contributed by atoms with Gasteiger partial charge in [0.05, 0.1) is 16.9 Å². The fourth-order valence-electron chi connectivity index (χ4n) is 2.70. The fourth-order valence-corrected chi connectivity index (χ4v) is 3.45. The molecular formula is C14H20N4OS. The maximum atomic E-state index is 5.89. The number of hydrogen-bond donors (Lipinski definition) is 1. The average molecular weight is 292 g/mol. The second kappa shape index (κ2) is 6.03. The van der Waals surface area contributed by atoms with Crippen LogP contribution in [0.5, 0.6) is 0 Å². The van der Waals surface area contributed by atoms with Crippen molar-refractivity contribution in [2.75, 3.05) is 13.2 Å². The molecule has 0 amide bonds. The Labute approximate surface area is 123 Å². The van der Waals surface area contributed by atoms with Crippen LogP contribution in [0, 0.1) is 12.8 Å². The molecule has 1 fully saturated rings. The van der Waals surface area contributed by atoms with Gasteiger partial charge in [0.15, 0.2) is 0 Å². The molecule has 5 nitrogen and oxygen atoms in total. The van der Waals surface area contributed by atoms with Crippen molar-refractivity contribution in [1.29, 1.82) is 0 Å². The van der Waals surface area contributed by atoms with Crippen LogP contribution in [0.15, 0.2) is 17.8 Å². The van der Waals surface area contributed by atoms with Crippen molar-refractivity contribution >= 4 is 11.3 Å². The maximum Gasteiger partial charge on any atom is 0.103 e. The molecule has 1 N–H and O–H groups in total. The molecule has 1 aliphatic heterocycles. The molecule has 0 unspecified atom stereocenters. The number of nitrogens with one attached hydrogen (secondary N) is 1. The van der Waals surface area contributed by atoms with E-state index in [0.29, 0.717) is 5.92 Å². The fraction of sp³-hybridized carbons (Fsp3) is 0.571. The molecule has 0 saturated carbocycles. The minimum atomic E-state index is 0.164. The Morgan fingerprint density at radius 2 is 2.45 bits per heavy atom. The summed E-state index contributed by atoms with van der Waals surface area (Å²) in [5, 5.41) is 7.78. The molecule has 0 radical (unpaired) electrons. The SMILES string of the molecule is Cc1ncsc1CNC[C@@H]1CCO[C@H]1c1ccnn1C. The van der Waals surface area contributed by atoms with Gasteiger partial charge in [0.25, 0.3) is 0 Å². The van der Waals surface area contributed by atoms with E-state index in [4.69, 9.17) is 4.74 Å². The maximum absolute atomic E-state index is 5.89. The molecule has 2 aromatic rings. The molecule has 6 heteroatoms. The first-order valence-corrected chi connectivity index (χ1v) is 7.83. The Morgan fingerprint density at radius 3 is 3.15 bits per heavy atom. The molecule has 0 aliphatic carbocycles. The normalized spacial score (nSPS) is 22.5. The van der Waals surface area contributed by atoms with Crippen molar-refractivity contribution < 1.29 is 4.74 Å². The molecule has 2 atom stereocenters. The van der Waals surface area contributed by atoms with E-state index in [0.717, 1.165) is 31.8 Å². The first kappa shape index (κ1) is 13.7. The van der Waals surface area contributed by atoms with Gasteiger partial charge in [-0.25, -0.2) is 4.98 Å². The van der Waals surface area contributed by atoms with Crippen LogP contribution < -0.4 is 5.32 Å². The lowest BCUT2D eigenvalue weighted by Crippen LogP contribution is -2.25. The summed E-state index contributed by atoms with van der Waals surface area (Å²) in [6.45, 7) is 4.75. The zero-order valence-corrected chi connectivity index (χ0v) is 12.7. The topological polar surface area (TPSA) is 52.0 Å². The summed E-state index contributed by atoms with van der Waals surface area (Å²) in [5.41, 5.74) is 4.21. The lowest BCUT2D eigenvalue weighted by atomic mass is 9.99. The van der Waals surface area contributed by atoms with Crippen molar-refractivity contribution in [3.8, 4) is 0 Å². The van der Waals surface area contributed by atoms with Crippen molar-refractivity contribution in [1.82, 2.24) is 20.1 Å². The molecule has 0 bridgehead atoms. The third-order valence-electron chi connectivity index (χ3n) is 3.90. The van der Waals surface area contributed by atoms with E-state index in [1.54, 1.807) is 11.3 Å². The van der Waals surface area contributed by atoms with E-state index in [1.807, 2.05) is 23.4 Å². The van der Waals surface area contributed by atoms with Gasteiger partial charge >= 0.3 is 0 Å². The summed E-state index contributed by atoms with van der Waals surface area (Å²) in [6.07, 6.45) is 3.10. The predicted octanol–water partition coefficient (Wildman–Crippen LogP) is 2.05. The lowest BCUT2D eigenvalue weighted by Gasteiger charge is -2.19. The minimum absolute atomic E-state index is 0.164. The summed E-state index contributed by atoms with van der Waals surface area (Å²) in [4.78, 5) is 5.60. The van der Waals surface area contributed by atoms with Gasteiger partial charge in [-0.05, 0) is 19.4 Å². The predicted molar refractivity (Wildman–Crippen MR) is 78.6 cm³/mol. The van der Waals surface area contributed by atoms with Gasteiger partial charge in [-0.15, -0.1) is 11.3 Å². The molecular weight excluding hydrogens is 272 g/mol. The molecule has 3 rings (SSSR count). The zero-order valence-electron chi connectivity index (χ0n) is 11.9. The van der Waals surface area contributed by atoms with Crippen LogP contribution in [0.25, 0.3) is 0 Å². The van der Waals surface area contributed by atoms with E-state index < -0.39 is 0 Å². The Bertz CT molecular complexity index is 565. The number of aromatic nitrogens is 3. The van der Waals surface area contributed by atoms with Gasteiger partial charge in [0.2, 0.25) is 0 Å². The van der Waals surface area contributed by atoms with Gasteiger partial charge in [-0.1, -0.05) is 0 Å². The monoisotopic (exact) mass is 292 g/mol. The van der Waals surface area contributed by atoms with E-state index >= 15 is 0 Å². The molecule has 20 heavy (non-hydrogen) atoms. The van der Waals surface area contributed by atoms with Crippen molar-refractivity contribution in [2.24, 2.45) is 13.0 Å². The molecule has 108 valence electrons. The molecule has 1 saturated heterocycles. The van der Waals surface area contributed by atoms with Crippen molar-refractivity contribution in [3.63, 3.8) is 0 Å². The largest absolute Gasteiger partial charge is 0.372 e. The zero-order chi connectivity index (χ0) is 13.9. The smallest absolute Gasteiger partial charge is 0.103 e. The number of nitrogens with zero attached hydrogens (tertiary/aromatic N) is 3. The summed E-state index contributed by atoms with van der Waals surface area (Å²) < 4.78 is 7.80.